The average Bonchev–Trinajstić information content (AvgIpc) is 3.32. The molecule has 5 aromatic rings. The van der Waals surface area contributed by atoms with Crippen LogP contribution >= 0.6 is 0 Å². The maximum Gasteiger partial charge on any atom is 0.412 e. The fraction of sp³-hybridized carbons (Fsp3) is 0.143. The minimum Gasteiger partial charge on any atom is -0.480 e. The molecule has 1 saturated carbocycles. The van der Waals surface area contributed by atoms with Crippen LogP contribution in [0.2, 0.25) is 0 Å². The first-order chi connectivity index (χ1) is 17.5. The SMILES string of the molecule is O=C(Nc1c(C#Cc2cc3cc(C4(C(=O)O)CC4)oc3o2)oc2ccccc12)OCc1ccccc1. The number of nitrogens with one attached hydrogen (secondary N) is 1. The highest BCUT2D eigenvalue weighted by molar-refractivity contribution is 6.00. The fourth-order valence-electron chi connectivity index (χ4n) is 4.06. The maximum absolute atomic E-state index is 12.5. The van der Waals surface area contributed by atoms with Crippen LogP contribution in [0.5, 0.6) is 0 Å². The number of fused-ring (bicyclic) bond motifs is 2. The number of benzene rings is 2. The zero-order valence-electron chi connectivity index (χ0n) is 18.9. The number of para-hydroxylation sites is 1. The van der Waals surface area contributed by atoms with Gasteiger partial charge in [0.25, 0.3) is 5.78 Å². The van der Waals surface area contributed by atoms with Gasteiger partial charge in [-0.15, -0.1) is 0 Å². The quantitative estimate of drug-likeness (QED) is 0.294. The molecule has 3 heterocycles. The number of ether oxygens (including phenoxy) is 1. The van der Waals surface area contributed by atoms with E-state index in [0.29, 0.717) is 46.4 Å². The molecule has 178 valence electrons. The number of amides is 1. The van der Waals surface area contributed by atoms with Gasteiger partial charge in [-0.1, -0.05) is 42.5 Å². The third-order valence-electron chi connectivity index (χ3n) is 6.18. The van der Waals surface area contributed by atoms with Gasteiger partial charge in [0.15, 0.2) is 5.76 Å². The molecular weight excluding hydrogens is 462 g/mol. The van der Waals surface area contributed by atoms with E-state index in [4.69, 9.17) is 18.0 Å². The minimum absolute atomic E-state index is 0.125. The molecule has 0 spiro atoms. The van der Waals surface area contributed by atoms with Gasteiger partial charge in [0.2, 0.25) is 5.76 Å². The third-order valence-corrected chi connectivity index (χ3v) is 6.18. The fourth-order valence-corrected chi connectivity index (χ4v) is 4.06. The number of hydrogen-bond donors (Lipinski definition) is 2. The predicted molar refractivity (Wildman–Crippen MR) is 129 cm³/mol. The van der Waals surface area contributed by atoms with E-state index in [1.54, 1.807) is 18.2 Å². The van der Waals surface area contributed by atoms with Crippen molar-refractivity contribution in [3.8, 4) is 11.8 Å². The van der Waals surface area contributed by atoms with E-state index in [1.165, 1.54) is 0 Å². The highest BCUT2D eigenvalue weighted by atomic mass is 16.5. The molecule has 0 atom stereocenters. The van der Waals surface area contributed by atoms with Crippen LogP contribution in [0.15, 0.2) is 80.0 Å². The lowest BCUT2D eigenvalue weighted by atomic mass is 10.0. The zero-order chi connectivity index (χ0) is 24.7. The van der Waals surface area contributed by atoms with Crippen molar-refractivity contribution in [1.82, 2.24) is 0 Å². The van der Waals surface area contributed by atoms with Crippen molar-refractivity contribution in [2.75, 3.05) is 5.32 Å². The lowest BCUT2D eigenvalue weighted by Crippen LogP contribution is -2.18. The zero-order valence-corrected chi connectivity index (χ0v) is 18.9. The van der Waals surface area contributed by atoms with Gasteiger partial charge in [0.05, 0.1) is 5.39 Å². The Labute approximate surface area is 204 Å². The Balaban J connectivity index is 1.25. The molecule has 1 aliphatic carbocycles. The summed E-state index contributed by atoms with van der Waals surface area (Å²) in [6, 6.07) is 20.0. The number of anilines is 1. The largest absolute Gasteiger partial charge is 0.480 e. The van der Waals surface area contributed by atoms with Crippen molar-refractivity contribution in [1.29, 1.82) is 0 Å². The number of aliphatic carboxylic acids is 1. The topological polar surface area (TPSA) is 115 Å². The van der Waals surface area contributed by atoms with Crippen LogP contribution in [0.1, 0.15) is 35.7 Å². The first-order valence-corrected chi connectivity index (χ1v) is 11.3. The molecule has 8 nitrogen and oxygen atoms in total. The van der Waals surface area contributed by atoms with Crippen molar-refractivity contribution in [3.63, 3.8) is 0 Å². The number of carboxylic acids is 1. The molecule has 6 rings (SSSR count). The van der Waals surface area contributed by atoms with Gasteiger partial charge >= 0.3 is 12.1 Å². The highest BCUT2D eigenvalue weighted by Gasteiger charge is 2.54. The number of carboxylic acid groups (broad SMARTS) is 1. The smallest absolute Gasteiger partial charge is 0.412 e. The van der Waals surface area contributed by atoms with E-state index in [0.717, 1.165) is 5.56 Å². The number of hydrogen-bond acceptors (Lipinski definition) is 6. The Bertz CT molecular complexity index is 1640. The summed E-state index contributed by atoms with van der Waals surface area (Å²) in [5, 5.41) is 13.5. The molecule has 3 aromatic heterocycles. The summed E-state index contributed by atoms with van der Waals surface area (Å²) < 4.78 is 22.5. The molecule has 1 fully saturated rings. The van der Waals surface area contributed by atoms with Gasteiger partial charge in [-0.3, -0.25) is 10.1 Å². The molecular formula is C28H19NO7. The van der Waals surface area contributed by atoms with Crippen molar-refractivity contribution in [3.05, 3.63) is 89.6 Å². The Hall–Kier alpha value is -4.90. The first kappa shape index (κ1) is 21.6. The van der Waals surface area contributed by atoms with E-state index in [9.17, 15) is 14.7 Å². The van der Waals surface area contributed by atoms with Crippen molar-refractivity contribution >= 4 is 39.9 Å². The second-order valence-corrected chi connectivity index (χ2v) is 8.59. The molecule has 2 N–H and O–H groups in total. The first-order valence-electron chi connectivity index (χ1n) is 11.3. The summed E-state index contributed by atoms with van der Waals surface area (Å²) in [5.41, 5.74) is 0.871. The molecule has 36 heavy (non-hydrogen) atoms. The van der Waals surface area contributed by atoms with Crippen LogP contribution in [0.25, 0.3) is 22.1 Å². The maximum atomic E-state index is 12.5. The van der Waals surface area contributed by atoms with Crippen LogP contribution in [-0.4, -0.2) is 17.2 Å². The van der Waals surface area contributed by atoms with Crippen LogP contribution < -0.4 is 5.32 Å². The number of furan rings is 3. The van der Waals surface area contributed by atoms with Gasteiger partial charge in [-0.2, -0.15) is 0 Å². The van der Waals surface area contributed by atoms with Crippen molar-refractivity contribution in [2.24, 2.45) is 0 Å². The van der Waals surface area contributed by atoms with E-state index in [-0.39, 0.29) is 18.1 Å². The molecule has 0 aliphatic heterocycles. The monoisotopic (exact) mass is 481 g/mol. The minimum atomic E-state index is -0.947. The molecule has 8 heteroatoms. The Morgan fingerprint density at radius 2 is 1.75 bits per heavy atom. The number of rotatable bonds is 5. The van der Waals surface area contributed by atoms with Gasteiger partial charge in [0, 0.05) is 11.5 Å². The van der Waals surface area contributed by atoms with Crippen LogP contribution in [-0.2, 0) is 21.6 Å². The Morgan fingerprint density at radius 1 is 0.972 bits per heavy atom. The molecule has 2 aromatic carbocycles. The van der Waals surface area contributed by atoms with Crippen LogP contribution in [0.3, 0.4) is 0 Å². The van der Waals surface area contributed by atoms with E-state index in [1.807, 2.05) is 48.5 Å². The third kappa shape index (κ3) is 3.87. The van der Waals surface area contributed by atoms with E-state index < -0.39 is 17.5 Å². The Kier molecular flexibility index (Phi) is 5.04. The van der Waals surface area contributed by atoms with Crippen LogP contribution in [0, 0.1) is 11.8 Å². The highest BCUT2D eigenvalue weighted by Crippen LogP contribution is 2.50. The predicted octanol–water partition coefficient (Wildman–Crippen LogP) is 6.04. The molecule has 0 radical (unpaired) electrons. The molecule has 1 aliphatic rings. The second kappa shape index (κ2) is 8.40. The van der Waals surface area contributed by atoms with E-state index in [2.05, 4.69) is 17.2 Å². The van der Waals surface area contributed by atoms with Crippen LogP contribution in [0.4, 0.5) is 10.5 Å². The summed E-state index contributed by atoms with van der Waals surface area (Å²) in [6.45, 7) is 0.125. The van der Waals surface area contributed by atoms with E-state index >= 15 is 0 Å². The lowest BCUT2D eigenvalue weighted by molar-refractivity contribution is -0.140. The van der Waals surface area contributed by atoms with Gasteiger partial charge in [-0.25, -0.2) is 4.79 Å². The standard InChI is InChI=1S/C28H19NO7/c30-26(31)28(12-13-28)23-15-18-14-19(34-25(18)36-23)10-11-22-24(20-8-4-5-9-21(20)35-22)29-27(32)33-16-17-6-2-1-3-7-17/h1-9,14-15H,12-13,16H2,(H,29,32)(H,30,31). The second-order valence-electron chi connectivity index (χ2n) is 8.59. The normalized spacial score (nSPS) is 13.8. The summed E-state index contributed by atoms with van der Waals surface area (Å²) in [6.07, 6.45) is 0.450. The van der Waals surface area contributed by atoms with Crippen molar-refractivity contribution < 1.29 is 32.7 Å². The summed E-state index contributed by atoms with van der Waals surface area (Å²) in [5.74, 6) is 6.06. The number of carbonyl (C=O) groups excluding carboxylic acids is 1. The van der Waals surface area contributed by atoms with Crippen molar-refractivity contribution in [2.45, 2.75) is 24.9 Å². The Morgan fingerprint density at radius 3 is 2.50 bits per heavy atom. The molecule has 0 saturated heterocycles. The van der Waals surface area contributed by atoms with Gasteiger partial charge < -0.3 is 23.1 Å². The summed E-state index contributed by atoms with van der Waals surface area (Å²) in [7, 11) is 0. The molecule has 0 bridgehead atoms. The molecule has 1 amide bonds. The number of carbonyl (C=O) groups is 2. The molecule has 0 unspecified atom stereocenters. The van der Waals surface area contributed by atoms with Gasteiger partial charge in [-0.05, 0) is 48.4 Å². The van der Waals surface area contributed by atoms with Gasteiger partial charge in [0.1, 0.15) is 29.1 Å². The lowest BCUT2D eigenvalue weighted by Gasteiger charge is -2.06. The average molecular weight is 481 g/mol. The summed E-state index contributed by atoms with van der Waals surface area (Å²) in [4.78, 5) is 24.0. The summed E-state index contributed by atoms with van der Waals surface area (Å²) >= 11 is 0.